The molecule has 2 aliphatic rings. The summed E-state index contributed by atoms with van der Waals surface area (Å²) in [5.74, 6) is 0. The molecular formula is C16H22N2O2. The fourth-order valence-electron chi connectivity index (χ4n) is 3.56. The fourth-order valence-corrected chi connectivity index (χ4v) is 3.56. The zero-order chi connectivity index (χ0) is 14.1. The lowest BCUT2D eigenvalue weighted by molar-refractivity contribution is 0.0232. The van der Waals surface area contributed by atoms with Gasteiger partial charge < -0.3 is 15.0 Å². The van der Waals surface area contributed by atoms with Gasteiger partial charge in [0.25, 0.3) is 0 Å². The molecule has 20 heavy (non-hydrogen) atoms. The first-order valence-electron chi connectivity index (χ1n) is 7.36. The molecule has 3 rings (SSSR count). The number of urea groups is 1. The van der Waals surface area contributed by atoms with Crippen LogP contribution in [-0.2, 0) is 4.74 Å². The van der Waals surface area contributed by atoms with E-state index in [1.54, 1.807) is 7.11 Å². The summed E-state index contributed by atoms with van der Waals surface area (Å²) in [6.45, 7) is 2.03. The van der Waals surface area contributed by atoms with Crippen LogP contribution in [0.25, 0.3) is 0 Å². The number of ether oxygens (including phenoxy) is 1. The van der Waals surface area contributed by atoms with Crippen LogP contribution in [0.3, 0.4) is 0 Å². The molecule has 2 heterocycles. The number of carbonyl (C=O) groups excluding carboxylic acids is 1. The second kappa shape index (κ2) is 5.44. The number of piperidine rings is 1. The summed E-state index contributed by atoms with van der Waals surface area (Å²) >= 11 is 0. The number of fused-ring (bicyclic) bond motifs is 2. The molecule has 2 aliphatic heterocycles. The van der Waals surface area contributed by atoms with E-state index in [1.165, 1.54) is 0 Å². The third-order valence-corrected chi connectivity index (χ3v) is 4.53. The van der Waals surface area contributed by atoms with Crippen molar-refractivity contribution in [1.29, 1.82) is 0 Å². The minimum absolute atomic E-state index is 0.0395. The van der Waals surface area contributed by atoms with Gasteiger partial charge in [-0.25, -0.2) is 4.79 Å². The SMILES string of the molecule is COC1CC2CCC(C1)N2C(=O)Nc1cccc(C)c1. The topological polar surface area (TPSA) is 41.6 Å². The molecule has 0 radical (unpaired) electrons. The normalized spacial score (nSPS) is 28.5. The third-order valence-electron chi connectivity index (χ3n) is 4.53. The van der Waals surface area contributed by atoms with Gasteiger partial charge >= 0.3 is 6.03 Å². The first-order chi connectivity index (χ1) is 9.67. The summed E-state index contributed by atoms with van der Waals surface area (Å²) in [5, 5.41) is 3.03. The number of nitrogens with zero attached hydrogens (tertiary/aromatic N) is 1. The van der Waals surface area contributed by atoms with Crippen LogP contribution in [0.1, 0.15) is 31.2 Å². The van der Waals surface area contributed by atoms with Crippen LogP contribution in [-0.4, -0.2) is 36.2 Å². The Bertz CT molecular complexity index is 489. The zero-order valence-corrected chi connectivity index (χ0v) is 12.1. The molecule has 0 aliphatic carbocycles. The van der Waals surface area contributed by atoms with Gasteiger partial charge in [0.05, 0.1) is 6.10 Å². The standard InChI is InChI=1S/C16H22N2O2/c1-11-4-3-5-12(8-11)17-16(19)18-13-6-7-14(18)10-15(9-13)20-2/h3-5,8,13-15H,6-7,9-10H2,1-2H3,(H,17,19). The molecule has 108 valence electrons. The van der Waals surface area contributed by atoms with Gasteiger partial charge in [0.2, 0.25) is 0 Å². The highest BCUT2D eigenvalue weighted by Gasteiger charge is 2.43. The van der Waals surface area contributed by atoms with Crippen molar-refractivity contribution in [2.75, 3.05) is 12.4 Å². The molecule has 1 aromatic carbocycles. The molecule has 2 bridgehead atoms. The third kappa shape index (κ3) is 2.52. The molecule has 2 saturated heterocycles. The summed E-state index contributed by atoms with van der Waals surface area (Å²) in [6, 6.07) is 8.65. The minimum Gasteiger partial charge on any atom is -0.381 e. The monoisotopic (exact) mass is 274 g/mol. The molecular weight excluding hydrogens is 252 g/mol. The lowest BCUT2D eigenvalue weighted by atomic mass is 10.0. The number of hydrogen-bond acceptors (Lipinski definition) is 2. The van der Waals surface area contributed by atoms with E-state index in [9.17, 15) is 4.79 Å². The van der Waals surface area contributed by atoms with E-state index in [0.717, 1.165) is 36.9 Å². The van der Waals surface area contributed by atoms with Crippen LogP contribution in [0.2, 0.25) is 0 Å². The largest absolute Gasteiger partial charge is 0.381 e. The Morgan fingerprint density at radius 3 is 2.60 bits per heavy atom. The molecule has 2 atom stereocenters. The molecule has 0 saturated carbocycles. The van der Waals surface area contributed by atoms with Gasteiger partial charge in [-0.1, -0.05) is 12.1 Å². The van der Waals surface area contributed by atoms with E-state index in [1.807, 2.05) is 36.1 Å². The molecule has 2 amide bonds. The van der Waals surface area contributed by atoms with Crippen LogP contribution >= 0.6 is 0 Å². The second-order valence-corrected chi connectivity index (χ2v) is 5.92. The predicted octanol–water partition coefficient (Wildman–Crippen LogP) is 3.17. The summed E-state index contributed by atoms with van der Waals surface area (Å²) in [4.78, 5) is 14.5. The summed E-state index contributed by atoms with van der Waals surface area (Å²) in [5.41, 5.74) is 2.03. The number of carbonyl (C=O) groups is 1. The second-order valence-electron chi connectivity index (χ2n) is 5.92. The number of nitrogens with one attached hydrogen (secondary N) is 1. The maximum absolute atomic E-state index is 12.5. The highest BCUT2D eigenvalue weighted by Crippen LogP contribution is 2.37. The summed E-state index contributed by atoms with van der Waals surface area (Å²) in [6.07, 6.45) is 4.45. The maximum atomic E-state index is 12.5. The van der Waals surface area contributed by atoms with Crippen LogP contribution < -0.4 is 5.32 Å². The maximum Gasteiger partial charge on any atom is 0.322 e. The van der Waals surface area contributed by atoms with Crippen molar-refractivity contribution in [2.45, 2.75) is 50.8 Å². The average molecular weight is 274 g/mol. The Balaban J connectivity index is 1.69. The minimum atomic E-state index is 0.0395. The van der Waals surface area contributed by atoms with Crippen molar-refractivity contribution >= 4 is 11.7 Å². The van der Waals surface area contributed by atoms with Crippen LogP contribution in [0.15, 0.2) is 24.3 Å². The molecule has 0 spiro atoms. The van der Waals surface area contributed by atoms with Gasteiger partial charge in [-0.3, -0.25) is 0 Å². The highest BCUT2D eigenvalue weighted by atomic mass is 16.5. The molecule has 4 nitrogen and oxygen atoms in total. The lowest BCUT2D eigenvalue weighted by Crippen LogP contribution is -2.50. The molecule has 0 aromatic heterocycles. The van der Waals surface area contributed by atoms with Crippen LogP contribution in [0, 0.1) is 6.92 Å². The van der Waals surface area contributed by atoms with Gasteiger partial charge in [-0.2, -0.15) is 0 Å². The van der Waals surface area contributed by atoms with E-state index in [0.29, 0.717) is 18.2 Å². The summed E-state index contributed by atoms with van der Waals surface area (Å²) < 4.78 is 5.48. The van der Waals surface area contributed by atoms with Crippen molar-refractivity contribution in [3.05, 3.63) is 29.8 Å². The van der Waals surface area contributed by atoms with Crippen LogP contribution in [0.4, 0.5) is 10.5 Å². The fraction of sp³-hybridized carbons (Fsp3) is 0.562. The van der Waals surface area contributed by atoms with E-state index < -0.39 is 0 Å². The molecule has 2 unspecified atom stereocenters. The quantitative estimate of drug-likeness (QED) is 0.900. The number of hydrogen-bond donors (Lipinski definition) is 1. The van der Waals surface area contributed by atoms with Crippen molar-refractivity contribution in [3.8, 4) is 0 Å². The Morgan fingerprint density at radius 2 is 2.00 bits per heavy atom. The molecule has 4 heteroatoms. The van der Waals surface area contributed by atoms with Crippen molar-refractivity contribution in [3.63, 3.8) is 0 Å². The Morgan fingerprint density at radius 1 is 1.30 bits per heavy atom. The molecule has 1 N–H and O–H groups in total. The average Bonchev–Trinajstić information content (AvgIpc) is 2.69. The van der Waals surface area contributed by atoms with Gasteiger partial charge in [0.1, 0.15) is 0 Å². The van der Waals surface area contributed by atoms with E-state index in [4.69, 9.17) is 4.74 Å². The van der Waals surface area contributed by atoms with Gasteiger partial charge in [0, 0.05) is 24.9 Å². The highest BCUT2D eigenvalue weighted by molar-refractivity contribution is 5.90. The van der Waals surface area contributed by atoms with Crippen molar-refractivity contribution < 1.29 is 9.53 Å². The van der Waals surface area contributed by atoms with Crippen molar-refractivity contribution in [2.24, 2.45) is 0 Å². The van der Waals surface area contributed by atoms with Gasteiger partial charge in [-0.15, -0.1) is 0 Å². The summed E-state index contributed by atoms with van der Waals surface area (Å²) in [7, 11) is 1.77. The van der Waals surface area contributed by atoms with E-state index in [-0.39, 0.29) is 6.03 Å². The first-order valence-corrected chi connectivity index (χ1v) is 7.36. The number of methoxy groups -OCH3 is 1. The van der Waals surface area contributed by atoms with Crippen LogP contribution in [0.5, 0.6) is 0 Å². The predicted molar refractivity (Wildman–Crippen MR) is 78.9 cm³/mol. The Hall–Kier alpha value is -1.55. The first kappa shape index (κ1) is 13.4. The number of amides is 2. The smallest absolute Gasteiger partial charge is 0.322 e. The van der Waals surface area contributed by atoms with E-state index in [2.05, 4.69) is 5.32 Å². The number of rotatable bonds is 2. The lowest BCUT2D eigenvalue weighted by Gasteiger charge is -2.38. The van der Waals surface area contributed by atoms with Gasteiger partial charge in [0.15, 0.2) is 0 Å². The number of anilines is 1. The van der Waals surface area contributed by atoms with E-state index >= 15 is 0 Å². The van der Waals surface area contributed by atoms with Gasteiger partial charge in [-0.05, 0) is 50.3 Å². The molecule has 2 fully saturated rings. The molecule has 1 aromatic rings. The van der Waals surface area contributed by atoms with Crippen molar-refractivity contribution in [1.82, 2.24) is 4.90 Å². The number of benzene rings is 1. The Labute approximate surface area is 120 Å². The number of aryl methyl sites for hydroxylation is 1. The Kier molecular flexibility index (Phi) is 3.66. The zero-order valence-electron chi connectivity index (χ0n) is 12.1.